The summed E-state index contributed by atoms with van der Waals surface area (Å²) in [5.74, 6) is 3.55. The van der Waals surface area contributed by atoms with E-state index in [0.29, 0.717) is 0 Å². The van der Waals surface area contributed by atoms with Crippen LogP contribution < -0.4 is 18.9 Å². The third kappa shape index (κ3) is 6.42. The van der Waals surface area contributed by atoms with Crippen molar-refractivity contribution in [2.24, 2.45) is 17.8 Å². The van der Waals surface area contributed by atoms with Crippen molar-refractivity contribution in [1.82, 2.24) is 9.80 Å². The number of carbonyl (C=O) groups is 2. The SMILES string of the molecule is O=C(/C=C\C1[C@@H](CCC/C=C/c2ccc3c(c2)OCO3)C(C(=O)N2CCCCC2)[C@H]1c1ccc2c(c1)OCO2)N1CCCCC1. The number of piperidine rings is 2. The van der Waals surface area contributed by atoms with Crippen LogP contribution >= 0.6 is 0 Å². The molecule has 4 heterocycles. The fourth-order valence-electron chi connectivity index (χ4n) is 7.83. The Bertz CT molecular complexity index is 1440. The monoisotopic (exact) mass is 612 g/mol. The van der Waals surface area contributed by atoms with Crippen LogP contribution in [0.15, 0.2) is 54.6 Å². The number of hydrogen-bond acceptors (Lipinski definition) is 6. The van der Waals surface area contributed by atoms with E-state index in [9.17, 15) is 9.59 Å². The maximum Gasteiger partial charge on any atom is 0.246 e. The fourth-order valence-corrected chi connectivity index (χ4v) is 7.83. The Labute approximate surface area is 266 Å². The highest BCUT2D eigenvalue weighted by Crippen LogP contribution is 2.57. The number of carbonyl (C=O) groups excluding carboxylic acids is 2. The largest absolute Gasteiger partial charge is 0.454 e. The molecular formula is C37H44N2O6. The molecule has 7 rings (SSSR count). The van der Waals surface area contributed by atoms with Crippen molar-refractivity contribution in [1.29, 1.82) is 0 Å². The highest BCUT2D eigenvalue weighted by molar-refractivity contribution is 5.88. The fraction of sp³-hybridized carbons (Fsp3) is 0.514. The van der Waals surface area contributed by atoms with E-state index in [0.717, 1.165) is 105 Å². The van der Waals surface area contributed by atoms with Crippen molar-refractivity contribution in [3.05, 3.63) is 65.8 Å². The summed E-state index contributed by atoms with van der Waals surface area (Å²) in [5.41, 5.74) is 2.18. The minimum Gasteiger partial charge on any atom is -0.454 e. The van der Waals surface area contributed by atoms with Gasteiger partial charge in [0, 0.05) is 38.0 Å². The number of unbranched alkanes of at least 4 members (excludes halogenated alkanes) is 1. The van der Waals surface area contributed by atoms with Gasteiger partial charge in [0.15, 0.2) is 23.0 Å². The molecular weight excluding hydrogens is 568 g/mol. The molecule has 0 bridgehead atoms. The van der Waals surface area contributed by atoms with Gasteiger partial charge in [-0.1, -0.05) is 30.4 Å². The summed E-state index contributed by atoms with van der Waals surface area (Å²) in [7, 11) is 0. The lowest BCUT2D eigenvalue weighted by molar-refractivity contribution is -0.146. The first kappa shape index (κ1) is 29.8. The van der Waals surface area contributed by atoms with Crippen molar-refractivity contribution in [3.8, 4) is 23.0 Å². The van der Waals surface area contributed by atoms with Crippen LogP contribution in [0.5, 0.6) is 23.0 Å². The molecule has 0 N–H and O–H groups in total. The minimum absolute atomic E-state index is 0.00601. The van der Waals surface area contributed by atoms with Crippen molar-refractivity contribution in [2.45, 2.75) is 63.7 Å². The standard InChI is InChI=1S/C37H44N2O6/c40-34(38-18-6-2-7-19-38)17-14-29-28(11-5-1-4-10-26-12-15-30-32(22-26)44-24-42-30)36(37(41)39-20-8-3-9-21-39)35(29)27-13-16-31-33(23-27)45-25-43-31/h4,10,12-17,22-23,28-29,35-36H,1-3,5-9,11,18-21,24-25H2/b10-4+,17-14-/t28-,29?,35+,36?/m1/s1. The van der Waals surface area contributed by atoms with Crippen molar-refractivity contribution < 1.29 is 28.5 Å². The predicted octanol–water partition coefficient (Wildman–Crippen LogP) is 6.55. The highest BCUT2D eigenvalue weighted by Gasteiger charge is 2.54. The van der Waals surface area contributed by atoms with E-state index in [1.165, 1.54) is 12.8 Å². The maximum atomic E-state index is 14.2. The average molecular weight is 613 g/mol. The van der Waals surface area contributed by atoms with Crippen LogP contribution in [0.3, 0.4) is 0 Å². The lowest BCUT2D eigenvalue weighted by atomic mass is 9.52. The van der Waals surface area contributed by atoms with E-state index in [4.69, 9.17) is 18.9 Å². The molecule has 2 amide bonds. The van der Waals surface area contributed by atoms with Gasteiger partial charge < -0.3 is 28.7 Å². The molecule has 2 aromatic carbocycles. The molecule has 1 saturated carbocycles. The molecule has 4 aliphatic heterocycles. The summed E-state index contributed by atoms with van der Waals surface area (Å²) in [6.07, 6.45) is 17.7. The van der Waals surface area contributed by atoms with Crippen molar-refractivity contribution in [3.63, 3.8) is 0 Å². The molecule has 4 atom stereocenters. The number of likely N-dealkylation sites (tertiary alicyclic amines) is 2. The zero-order valence-electron chi connectivity index (χ0n) is 26.0. The van der Waals surface area contributed by atoms with Crippen LogP contribution in [0.1, 0.15) is 74.8 Å². The normalized spacial score (nSPS) is 25.6. The highest BCUT2D eigenvalue weighted by atomic mass is 16.7. The summed E-state index contributed by atoms with van der Waals surface area (Å²) < 4.78 is 22.3. The molecule has 0 spiro atoms. The zero-order chi connectivity index (χ0) is 30.6. The summed E-state index contributed by atoms with van der Waals surface area (Å²) >= 11 is 0. The third-order valence-corrected chi connectivity index (χ3v) is 10.2. The van der Waals surface area contributed by atoms with Gasteiger partial charge in [-0.15, -0.1) is 0 Å². The van der Waals surface area contributed by atoms with Gasteiger partial charge in [-0.25, -0.2) is 0 Å². The van der Waals surface area contributed by atoms with Gasteiger partial charge in [-0.2, -0.15) is 0 Å². The molecule has 0 aromatic heterocycles. The number of nitrogens with zero attached hydrogens (tertiary/aromatic N) is 2. The van der Waals surface area contributed by atoms with E-state index in [2.05, 4.69) is 35.3 Å². The Hall–Kier alpha value is -3.94. The van der Waals surface area contributed by atoms with Gasteiger partial charge in [0.25, 0.3) is 0 Å². The second kappa shape index (κ2) is 13.6. The Morgan fingerprint density at radius 2 is 1.40 bits per heavy atom. The summed E-state index contributed by atoms with van der Waals surface area (Å²) in [5, 5.41) is 0. The summed E-state index contributed by atoms with van der Waals surface area (Å²) in [4.78, 5) is 31.5. The summed E-state index contributed by atoms with van der Waals surface area (Å²) in [6, 6.07) is 12.1. The average Bonchev–Trinajstić information content (AvgIpc) is 3.75. The molecule has 1 aliphatic carbocycles. The number of ether oxygens (including phenoxy) is 4. The lowest BCUT2D eigenvalue weighted by Gasteiger charge is -2.52. The molecule has 3 fully saturated rings. The van der Waals surface area contributed by atoms with Crippen LogP contribution in [0.4, 0.5) is 0 Å². The Balaban J connectivity index is 1.11. The van der Waals surface area contributed by atoms with Crippen molar-refractivity contribution >= 4 is 17.9 Å². The molecule has 2 aromatic rings. The molecule has 238 valence electrons. The van der Waals surface area contributed by atoms with Crippen LogP contribution in [0, 0.1) is 17.8 Å². The number of benzene rings is 2. The minimum atomic E-state index is -0.124. The predicted molar refractivity (Wildman–Crippen MR) is 171 cm³/mol. The van der Waals surface area contributed by atoms with Gasteiger partial charge >= 0.3 is 0 Å². The first-order chi connectivity index (χ1) is 22.2. The quantitative estimate of drug-likeness (QED) is 0.236. The van der Waals surface area contributed by atoms with Gasteiger partial charge in [-0.05, 0) is 111 Å². The number of fused-ring (bicyclic) bond motifs is 2. The molecule has 45 heavy (non-hydrogen) atoms. The van der Waals surface area contributed by atoms with Gasteiger partial charge in [0.05, 0.1) is 0 Å². The molecule has 8 nitrogen and oxygen atoms in total. The molecule has 2 unspecified atom stereocenters. The van der Waals surface area contributed by atoms with Crippen LogP contribution in [0.2, 0.25) is 0 Å². The number of allylic oxidation sites excluding steroid dienone is 2. The van der Waals surface area contributed by atoms with Crippen molar-refractivity contribution in [2.75, 3.05) is 39.8 Å². The van der Waals surface area contributed by atoms with Crippen LogP contribution in [-0.4, -0.2) is 61.4 Å². The van der Waals surface area contributed by atoms with E-state index < -0.39 is 0 Å². The van der Waals surface area contributed by atoms with E-state index in [1.54, 1.807) is 6.08 Å². The Kier molecular flexibility index (Phi) is 8.99. The maximum absolute atomic E-state index is 14.2. The van der Waals surface area contributed by atoms with Crippen LogP contribution in [-0.2, 0) is 9.59 Å². The summed E-state index contributed by atoms with van der Waals surface area (Å²) in [6.45, 7) is 3.82. The van der Waals surface area contributed by atoms with E-state index >= 15 is 0 Å². The third-order valence-electron chi connectivity index (χ3n) is 10.2. The molecule has 2 saturated heterocycles. The molecule has 0 radical (unpaired) electrons. The van der Waals surface area contributed by atoms with E-state index in [-0.39, 0.29) is 49.1 Å². The van der Waals surface area contributed by atoms with Gasteiger partial charge in [0.1, 0.15) is 0 Å². The Morgan fingerprint density at radius 3 is 2.13 bits per heavy atom. The smallest absolute Gasteiger partial charge is 0.246 e. The first-order valence-electron chi connectivity index (χ1n) is 16.9. The van der Waals surface area contributed by atoms with Gasteiger partial charge in [0.2, 0.25) is 25.4 Å². The molecule has 5 aliphatic rings. The van der Waals surface area contributed by atoms with Gasteiger partial charge in [-0.3, -0.25) is 9.59 Å². The number of amides is 2. The molecule has 8 heteroatoms. The lowest BCUT2D eigenvalue weighted by Crippen LogP contribution is -2.54. The van der Waals surface area contributed by atoms with E-state index in [1.807, 2.05) is 29.2 Å². The number of hydrogen-bond donors (Lipinski definition) is 0. The Morgan fingerprint density at radius 1 is 0.756 bits per heavy atom. The zero-order valence-corrected chi connectivity index (χ0v) is 26.0. The second-order valence-electron chi connectivity index (χ2n) is 13.0. The second-order valence-corrected chi connectivity index (χ2v) is 13.0. The van der Waals surface area contributed by atoms with Crippen LogP contribution in [0.25, 0.3) is 6.08 Å². The number of rotatable bonds is 9. The topological polar surface area (TPSA) is 77.5 Å². The first-order valence-corrected chi connectivity index (χ1v) is 16.9.